The highest BCUT2D eigenvalue weighted by atomic mass is 16.2. The average molecular weight is 245 g/mol. The molecule has 96 valence electrons. The number of aryl methyl sites for hydroxylation is 1. The summed E-state index contributed by atoms with van der Waals surface area (Å²) in [7, 11) is 1.79. The van der Waals surface area contributed by atoms with E-state index in [1.165, 1.54) is 0 Å². The van der Waals surface area contributed by atoms with Crippen molar-refractivity contribution in [2.45, 2.75) is 26.8 Å². The van der Waals surface area contributed by atoms with Crippen LogP contribution in [-0.4, -0.2) is 35.6 Å². The molecule has 0 aliphatic heterocycles. The van der Waals surface area contributed by atoms with Gasteiger partial charge in [0.15, 0.2) is 0 Å². The second-order valence-corrected chi connectivity index (χ2v) is 4.50. The predicted molar refractivity (Wildman–Crippen MR) is 72.4 cm³/mol. The van der Waals surface area contributed by atoms with Gasteiger partial charge in [-0.15, -0.1) is 0 Å². The molecule has 0 aliphatic carbocycles. The van der Waals surface area contributed by atoms with Crippen molar-refractivity contribution < 1.29 is 9.90 Å². The van der Waals surface area contributed by atoms with Crippen LogP contribution >= 0.6 is 0 Å². The van der Waals surface area contributed by atoms with Crippen LogP contribution in [0.2, 0.25) is 0 Å². The predicted octanol–water partition coefficient (Wildman–Crippen LogP) is 1.82. The standard InChI is InChI=1S/C15H19NO2/c1-11(2)16(4)15(18)14-10-13(6-5-9-17)8-7-12(14)3/h7-8,10-11,17H,9H2,1-4H3. The lowest BCUT2D eigenvalue weighted by molar-refractivity contribution is 0.0754. The Labute approximate surface area is 108 Å². The van der Waals surface area contributed by atoms with Crippen molar-refractivity contribution in [3.05, 3.63) is 34.9 Å². The van der Waals surface area contributed by atoms with Gasteiger partial charge in [-0.2, -0.15) is 0 Å². The van der Waals surface area contributed by atoms with Crippen molar-refractivity contribution in [1.29, 1.82) is 0 Å². The van der Waals surface area contributed by atoms with E-state index in [0.717, 1.165) is 11.1 Å². The zero-order valence-corrected chi connectivity index (χ0v) is 11.3. The lowest BCUT2D eigenvalue weighted by Gasteiger charge is -2.22. The van der Waals surface area contributed by atoms with Crippen LogP contribution in [0.5, 0.6) is 0 Å². The summed E-state index contributed by atoms with van der Waals surface area (Å²) in [6.07, 6.45) is 0. The van der Waals surface area contributed by atoms with Crippen molar-refractivity contribution in [1.82, 2.24) is 4.90 Å². The highest BCUT2D eigenvalue weighted by Gasteiger charge is 2.16. The molecule has 0 saturated carbocycles. The summed E-state index contributed by atoms with van der Waals surface area (Å²) in [5.74, 6) is 5.39. The van der Waals surface area contributed by atoms with Crippen LogP contribution < -0.4 is 0 Å². The number of amides is 1. The average Bonchev–Trinajstić information content (AvgIpc) is 2.36. The normalized spacial score (nSPS) is 9.89. The molecule has 0 aromatic heterocycles. The Morgan fingerprint density at radius 1 is 1.44 bits per heavy atom. The van der Waals surface area contributed by atoms with Gasteiger partial charge < -0.3 is 10.0 Å². The Bertz CT molecular complexity index is 495. The molecule has 3 nitrogen and oxygen atoms in total. The Hall–Kier alpha value is -1.79. The summed E-state index contributed by atoms with van der Waals surface area (Å²) in [5.41, 5.74) is 2.34. The van der Waals surface area contributed by atoms with E-state index in [4.69, 9.17) is 5.11 Å². The first-order valence-electron chi connectivity index (χ1n) is 5.95. The molecule has 0 saturated heterocycles. The van der Waals surface area contributed by atoms with E-state index in [9.17, 15) is 4.79 Å². The molecular formula is C15H19NO2. The minimum atomic E-state index is -0.178. The molecule has 1 aromatic rings. The molecule has 1 aromatic carbocycles. The van der Waals surface area contributed by atoms with Gasteiger partial charge in [-0.05, 0) is 38.5 Å². The zero-order chi connectivity index (χ0) is 13.7. The molecule has 0 radical (unpaired) electrons. The maximum absolute atomic E-state index is 12.3. The fourth-order valence-corrected chi connectivity index (χ4v) is 1.50. The Morgan fingerprint density at radius 3 is 2.67 bits per heavy atom. The SMILES string of the molecule is Cc1ccc(C#CCO)cc1C(=O)N(C)C(C)C. The lowest BCUT2D eigenvalue weighted by Crippen LogP contribution is -2.33. The van der Waals surface area contributed by atoms with Gasteiger partial charge in [-0.3, -0.25) is 4.79 Å². The van der Waals surface area contributed by atoms with Crippen molar-refractivity contribution >= 4 is 5.91 Å². The first kappa shape index (κ1) is 14.3. The summed E-state index contributed by atoms with van der Waals surface area (Å²) < 4.78 is 0. The van der Waals surface area contributed by atoms with E-state index in [-0.39, 0.29) is 18.6 Å². The maximum Gasteiger partial charge on any atom is 0.254 e. The molecule has 0 bridgehead atoms. The number of carbonyl (C=O) groups is 1. The quantitative estimate of drug-likeness (QED) is 0.807. The summed E-state index contributed by atoms with van der Waals surface area (Å²) >= 11 is 0. The summed E-state index contributed by atoms with van der Waals surface area (Å²) in [6.45, 7) is 5.68. The number of rotatable bonds is 2. The maximum atomic E-state index is 12.3. The van der Waals surface area contributed by atoms with Crippen LogP contribution in [0.1, 0.15) is 35.3 Å². The van der Waals surface area contributed by atoms with Crippen LogP contribution in [0.3, 0.4) is 0 Å². The number of aliphatic hydroxyl groups excluding tert-OH is 1. The van der Waals surface area contributed by atoms with Gasteiger partial charge in [0.1, 0.15) is 6.61 Å². The third-order valence-electron chi connectivity index (χ3n) is 2.87. The molecule has 18 heavy (non-hydrogen) atoms. The van der Waals surface area contributed by atoms with E-state index in [2.05, 4.69) is 11.8 Å². The van der Waals surface area contributed by atoms with E-state index >= 15 is 0 Å². The molecule has 0 aliphatic rings. The van der Waals surface area contributed by atoms with Gasteiger partial charge in [0.2, 0.25) is 0 Å². The van der Waals surface area contributed by atoms with Crippen LogP contribution in [0.4, 0.5) is 0 Å². The Balaban J connectivity index is 3.11. The Kier molecular flexibility index (Phi) is 4.94. The van der Waals surface area contributed by atoms with E-state index < -0.39 is 0 Å². The van der Waals surface area contributed by atoms with Crippen molar-refractivity contribution in [2.24, 2.45) is 0 Å². The monoisotopic (exact) mass is 245 g/mol. The number of benzene rings is 1. The number of hydrogen-bond acceptors (Lipinski definition) is 2. The van der Waals surface area contributed by atoms with Gasteiger partial charge in [0, 0.05) is 24.2 Å². The smallest absolute Gasteiger partial charge is 0.254 e. The van der Waals surface area contributed by atoms with Crippen molar-refractivity contribution in [2.75, 3.05) is 13.7 Å². The van der Waals surface area contributed by atoms with Gasteiger partial charge in [0.25, 0.3) is 5.91 Å². The molecule has 0 fully saturated rings. The fourth-order valence-electron chi connectivity index (χ4n) is 1.50. The molecule has 1 rings (SSSR count). The number of nitrogens with zero attached hydrogens (tertiary/aromatic N) is 1. The van der Waals surface area contributed by atoms with Gasteiger partial charge in [0.05, 0.1) is 0 Å². The number of aliphatic hydroxyl groups is 1. The van der Waals surface area contributed by atoms with E-state index in [0.29, 0.717) is 5.56 Å². The molecule has 1 amide bonds. The first-order chi connectivity index (χ1) is 8.47. The number of hydrogen-bond donors (Lipinski definition) is 1. The summed E-state index contributed by atoms with van der Waals surface area (Å²) in [4.78, 5) is 14.0. The molecule has 0 atom stereocenters. The summed E-state index contributed by atoms with van der Waals surface area (Å²) in [5, 5.41) is 8.67. The fraction of sp³-hybridized carbons (Fsp3) is 0.400. The van der Waals surface area contributed by atoms with Crippen molar-refractivity contribution in [3.63, 3.8) is 0 Å². The zero-order valence-electron chi connectivity index (χ0n) is 11.3. The minimum absolute atomic E-state index is 0.00449. The second kappa shape index (κ2) is 6.23. The lowest BCUT2D eigenvalue weighted by atomic mass is 10.0. The largest absolute Gasteiger partial charge is 0.384 e. The van der Waals surface area contributed by atoms with E-state index in [1.54, 1.807) is 18.0 Å². The molecule has 1 N–H and O–H groups in total. The van der Waals surface area contributed by atoms with Crippen LogP contribution in [0, 0.1) is 18.8 Å². The van der Waals surface area contributed by atoms with Crippen molar-refractivity contribution in [3.8, 4) is 11.8 Å². The van der Waals surface area contributed by atoms with Gasteiger partial charge in [-0.25, -0.2) is 0 Å². The molecule has 0 heterocycles. The second-order valence-electron chi connectivity index (χ2n) is 4.50. The van der Waals surface area contributed by atoms with E-state index in [1.807, 2.05) is 32.9 Å². The van der Waals surface area contributed by atoms with Gasteiger partial charge >= 0.3 is 0 Å². The minimum Gasteiger partial charge on any atom is -0.384 e. The van der Waals surface area contributed by atoms with Crippen LogP contribution in [0.15, 0.2) is 18.2 Å². The third-order valence-corrected chi connectivity index (χ3v) is 2.87. The van der Waals surface area contributed by atoms with Gasteiger partial charge in [-0.1, -0.05) is 17.9 Å². The molecule has 0 spiro atoms. The molecule has 3 heteroatoms. The summed E-state index contributed by atoms with van der Waals surface area (Å²) in [6, 6.07) is 5.66. The topological polar surface area (TPSA) is 40.5 Å². The third kappa shape index (κ3) is 3.35. The molecule has 0 unspecified atom stereocenters. The highest BCUT2D eigenvalue weighted by Crippen LogP contribution is 2.14. The molecular weight excluding hydrogens is 226 g/mol. The number of carbonyl (C=O) groups excluding carboxylic acids is 1. The van der Waals surface area contributed by atoms with Crippen LogP contribution in [0.25, 0.3) is 0 Å². The highest BCUT2D eigenvalue weighted by molar-refractivity contribution is 5.96. The van der Waals surface area contributed by atoms with Crippen LogP contribution in [-0.2, 0) is 0 Å². The Morgan fingerprint density at radius 2 is 2.11 bits per heavy atom. The first-order valence-corrected chi connectivity index (χ1v) is 5.95.